The van der Waals surface area contributed by atoms with Crippen molar-refractivity contribution in [1.29, 1.82) is 0 Å². The van der Waals surface area contributed by atoms with Crippen molar-refractivity contribution < 1.29 is 33.6 Å². The van der Waals surface area contributed by atoms with Crippen LogP contribution in [-0.2, 0) is 23.8 Å². The van der Waals surface area contributed by atoms with Crippen LogP contribution in [0, 0.1) is 0 Å². The first kappa shape index (κ1) is 25.3. The third-order valence-corrected chi connectivity index (χ3v) is 6.13. The maximum atomic E-state index is 13.1. The van der Waals surface area contributed by atoms with Crippen LogP contribution in [-0.4, -0.2) is 63.1 Å². The number of thiazole rings is 1. The van der Waals surface area contributed by atoms with E-state index in [2.05, 4.69) is 9.97 Å². The molecule has 1 aromatic carbocycles. The third-order valence-electron chi connectivity index (χ3n) is 5.20. The first-order valence-corrected chi connectivity index (χ1v) is 11.7. The number of aromatic nitrogens is 3. The molecule has 3 N–H and O–H groups in total. The van der Waals surface area contributed by atoms with Crippen LogP contribution in [0.1, 0.15) is 25.6 Å². The summed E-state index contributed by atoms with van der Waals surface area (Å²) in [5.74, 6) is -1.44. The minimum absolute atomic E-state index is 0.0851. The number of hydrogen-bond acceptors (Lipinski definition) is 12. The van der Waals surface area contributed by atoms with Gasteiger partial charge in [-0.15, -0.1) is 0 Å². The monoisotopic (exact) mass is 516 g/mol. The molecule has 0 radical (unpaired) electrons. The Balaban J connectivity index is 1.68. The summed E-state index contributed by atoms with van der Waals surface area (Å²) in [6.45, 7) is 1.92. The lowest BCUT2D eigenvalue weighted by molar-refractivity contribution is -0.165. The Morgan fingerprint density at radius 3 is 2.53 bits per heavy atom. The van der Waals surface area contributed by atoms with E-state index in [1.54, 1.807) is 6.08 Å². The van der Waals surface area contributed by atoms with Gasteiger partial charge in [0.05, 0.1) is 6.61 Å². The molecule has 0 spiro atoms. The first-order valence-electron chi connectivity index (χ1n) is 10.9. The summed E-state index contributed by atoms with van der Waals surface area (Å²) in [4.78, 5) is 44.3. The molecule has 3 aromatic rings. The number of esters is 2. The van der Waals surface area contributed by atoms with Crippen LogP contribution in [0.3, 0.4) is 0 Å². The van der Waals surface area contributed by atoms with Gasteiger partial charge >= 0.3 is 16.8 Å². The number of carbonyl (C=O) groups excluding carboxylic acids is 2. The van der Waals surface area contributed by atoms with E-state index in [1.165, 1.54) is 6.92 Å². The van der Waals surface area contributed by atoms with Gasteiger partial charge in [0.25, 0.3) is 0 Å². The van der Waals surface area contributed by atoms with Crippen LogP contribution < -0.4 is 15.3 Å². The summed E-state index contributed by atoms with van der Waals surface area (Å²) in [5.41, 5.74) is 6.96. The first-order chi connectivity index (χ1) is 17.3. The van der Waals surface area contributed by atoms with Crippen LogP contribution in [0.4, 0.5) is 5.95 Å². The Kier molecular flexibility index (Phi) is 7.62. The molecule has 2 aromatic heterocycles. The molecule has 1 fully saturated rings. The van der Waals surface area contributed by atoms with Crippen molar-refractivity contribution in [2.24, 2.45) is 0 Å². The summed E-state index contributed by atoms with van der Waals surface area (Å²) < 4.78 is 23.6. The van der Waals surface area contributed by atoms with Crippen molar-refractivity contribution in [3.05, 3.63) is 51.6 Å². The van der Waals surface area contributed by atoms with Gasteiger partial charge in [-0.3, -0.25) is 19.0 Å². The summed E-state index contributed by atoms with van der Waals surface area (Å²) in [7, 11) is 0. The van der Waals surface area contributed by atoms with E-state index in [0.29, 0.717) is 4.70 Å². The Bertz CT molecular complexity index is 1340. The average molecular weight is 517 g/mol. The highest BCUT2D eigenvalue weighted by Gasteiger charge is 2.51. The van der Waals surface area contributed by atoms with Crippen LogP contribution in [0.2, 0.25) is 0 Å². The van der Waals surface area contributed by atoms with E-state index < -0.39 is 48.0 Å². The summed E-state index contributed by atoms with van der Waals surface area (Å²) in [6.07, 6.45) is -1.03. The molecule has 3 heterocycles. The highest BCUT2D eigenvalue weighted by molar-refractivity contribution is 7.16. The largest absolute Gasteiger partial charge is 0.472 e. The molecule has 0 amide bonds. The lowest BCUT2D eigenvalue weighted by Crippen LogP contribution is -2.40. The zero-order valence-electron chi connectivity index (χ0n) is 19.4. The second kappa shape index (κ2) is 10.8. The van der Waals surface area contributed by atoms with Crippen molar-refractivity contribution in [2.45, 2.75) is 38.4 Å². The summed E-state index contributed by atoms with van der Waals surface area (Å²) in [6, 6.07) is 9.62. The highest BCUT2D eigenvalue weighted by atomic mass is 32.1. The molecule has 4 rings (SSSR count). The van der Waals surface area contributed by atoms with Gasteiger partial charge in [0, 0.05) is 13.8 Å². The molecule has 12 nitrogen and oxygen atoms in total. The van der Waals surface area contributed by atoms with Gasteiger partial charge in [-0.2, -0.15) is 9.97 Å². The topological polar surface area (TPSA) is 165 Å². The number of benzene rings is 1. The fourth-order valence-electron chi connectivity index (χ4n) is 3.82. The number of hydrogen-bond donors (Lipinski definition) is 2. The van der Waals surface area contributed by atoms with Crippen LogP contribution >= 0.6 is 11.3 Å². The van der Waals surface area contributed by atoms with E-state index in [1.807, 2.05) is 36.4 Å². The molecule has 1 saturated heterocycles. The Hall–Kier alpha value is -3.81. The molecule has 190 valence electrons. The van der Waals surface area contributed by atoms with Gasteiger partial charge in [-0.05, 0) is 11.6 Å². The minimum atomic E-state index is -1.25. The van der Waals surface area contributed by atoms with Crippen LogP contribution in [0.5, 0.6) is 5.88 Å². The van der Waals surface area contributed by atoms with Crippen LogP contribution in [0.15, 0.2) is 41.2 Å². The van der Waals surface area contributed by atoms with Gasteiger partial charge in [0.2, 0.25) is 11.8 Å². The number of fused-ring (bicyclic) bond motifs is 1. The molecule has 0 saturated carbocycles. The van der Waals surface area contributed by atoms with Crippen molar-refractivity contribution in [2.75, 3.05) is 18.9 Å². The zero-order chi connectivity index (χ0) is 25.8. The predicted molar refractivity (Wildman–Crippen MR) is 129 cm³/mol. The molecular formula is C23H24N4O8S. The molecule has 0 bridgehead atoms. The molecule has 0 aliphatic carbocycles. The lowest BCUT2D eigenvalue weighted by atomic mass is 10.1. The van der Waals surface area contributed by atoms with Crippen LogP contribution in [0.25, 0.3) is 16.4 Å². The predicted octanol–water partition coefficient (Wildman–Crippen LogP) is 1.28. The third kappa shape index (κ3) is 5.37. The maximum absolute atomic E-state index is 13.1. The number of anilines is 1. The second-order valence-corrected chi connectivity index (χ2v) is 8.76. The number of aliphatic hydroxyl groups is 1. The van der Waals surface area contributed by atoms with Crippen molar-refractivity contribution >= 4 is 45.6 Å². The average Bonchev–Trinajstić information content (AvgIpc) is 3.32. The van der Waals surface area contributed by atoms with E-state index >= 15 is 0 Å². The second-order valence-electron chi connectivity index (χ2n) is 7.80. The number of carbonyl (C=O) groups is 2. The fourth-order valence-corrected chi connectivity index (χ4v) is 4.71. The van der Waals surface area contributed by atoms with Crippen molar-refractivity contribution in [1.82, 2.24) is 14.5 Å². The Labute approximate surface area is 208 Å². The molecular weight excluding hydrogens is 492 g/mol. The molecule has 1 aliphatic heterocycles. The van der Waals surface area contributed by atoms with Gasteiger partial charge in [-0.25, -0.2) is 0 Å². The standard InChI is InChI=1S/C23H24N4O8S/c1-12(29)33-16-15(11-28)35-21(17(16)34-13(2)30)27-19-18(36-23(27)31)20(26-22(24)25-19)32-10-6-9-14-7-4-3-5-8-14/h3-9,15-17,21,28H,10-11H2,1-2H3,(H2,24,25,26)/b9-6+/t15-,16-,17-,21-/m1/s1. The minimum Gasteiger partial charge on any atom is -0.472 e. The number of aliphatic hydroxyl groups excluding tert-OH is 1. The molecule has 36 heavy (non-hydrogen) atoms. The number of rotatable bonds is 8. The van der Waals surface area contributed by atoms with E-state index in [9.17, 15) is 19.5 Å². The van der Waals surface area contributed by atoms with Gasteiger partial charge in [0.15, 0.2) is 24.1 Å². The number of nitrogen functional groups attached to an aromatic ring is 1. The lowest BCUT2D eigenvalue weighted by Gasteiger charge is -2.23. The van der Waals surface area contributed by atoms with E-state index in [4.69, 9.17) is 24.7 Å². The molecule has 4 atom stereocenters. The van der Waals surface area contributed by atoms with E-state index in [0.717, 1.165) is 28.4 Å². The van der Waals surface area contributed by atoms with Crippen molar-refractivity contribution in [3.63, 3.8) is 0 Å². The zero-order valence-corrected chi connectivity index (χ0v) is 20.2. The number of nitrogens with zero attached hydrogens (tertiary/aromatic N) is 3. The molecule has 1 aliphatic rings. The van der Waals surface area contributed by atoms with Gasteiger partial charge < -0.3 is 29.8 Å². The Morgan fingerprint density at radius 2 is 1.86 bits per heavy atom. The number of ether oxygens (including phenoxy) is 4. The summed E-state index contributed by atoms with van der Waals surface area (Å²) >= 11 is 0.787. The fraction of sp³-hybridized carbons (Fsp3) is 0.348. The maximum Gasteiger partial charge on any atom is 0.311 e. The Morgan fingerprint density at radius 1 is 1.17 bits per heavy atom. The molecule has 0 unspecified atom stereocenters. The quantitative estimate of drug-likeness (QED) is 0.414. The normalized spacial score (nSPS) is 21.6. The van der Waals surface area contributed by atoms with Gasteiger partial charge in [-0.1, -0.05) is 47.7 Å². The highest BCUT2D eigenvalue weighted by Crippen LogP contribution is 2.37. The SMILES string of the molecule is CC(=O)O[C@@H]1[C@H](OC(C)=O)[C@@H](CO)O[C@H]1n1c(=O)sc2c(OC/C=C/c3ccccc3)nc(N)nc21. The van der Waals surface area contributed by atoms with Crippen molar-refractivity contribution in [3.8, 4) is 5.88 Å². The van der Waals surface area contributed by atoms with Gasteiger partial charge in [0.1, 0.15) is 17.4 Å². The summed E-state index contributed by atoms with van der Waals surface area (Å²) in [5, 5.41) is 9.78. The van der Waals surface area contributed by atoms with E-state index in [-0.39, 0.29) is 24.1 Å². The number of nitrogens with two attached hydrogens (primary N) is 1. The smallest absolute Gasteiger partial charge is 0.311 e. The molecule has 13 heteroatoms.